The topological polar surface area (TPSA) is 106 Å². The molecule has 2 N–H and O–H groups in total. The lowest BCUT2D eigenvalue weighted by Crippen LogP contribution is -2.16. The van der Waals surface area contributed by atoms with Gasteiger partial charge in [-0.2, -0.15) is 15.2 Å². The van der Waals surface area contributed by atoms with E-state index in [1.807, 2.05) is 6.92 Å². The molecule has 0 saturated carbocycles. The van der Waals surface area contributed by atoms with E-state index in [9.17, 15) is 4.79 Å². The molecule has 0 aromatic carbocycles. The predicted molar refractivity (Wildman–Crippen MR) is 67.0 cm³/mol. The number of hydrogen-bond donors (Lipinski definition) is 2. The number of H-pyrrole nitrogens is 1. The van der Waals surface area contributed by atoms with Crippen LogP contribution in [0.2, 0.25) is 0 Å². The first-order valence-electron chi connectivity index (χ1n) is 5.77. The van der Waals surface area contributed by atoms with Crippen molar-refractivity contribution in [3.63, 3.8) is 0 Å². The van der Waals surface area contributed by atoms with Crippen LogP contribution in [0.3, 0.4) is 0 Å². The number of carbonyl (C=O) groups excluding carboxylic acids is 1. The first-order valence-corrected chi connectivity index (χ1v) is 5.77. The Hall–Kier alpha value is -2.51. The molecule has 2 aromatic rings. The number of anilines is 1. The van der Waals surface area contributed by atoms with Crippen molar-refractivity contribution in [2.24, 2.45) is 0 Å². The Labute approximate surface area is 109 Å². The van der Waals surface area contributed by atoms with Crippen LogP contribution in [-0.2, 0) is 0 Å². The summed E-state index contributed by atoms with van der Waals surface area (Å²) in [4.78, 5) is 16.0. The Kier molecular flexibility index (Phi) is 3.69. The van der Waals surface area contributed by atoms with E-state index in [1.54, 1.807) is 19.9 Å². The molecular formula is C11H14N6O2. The Bertz CT molecular complexity index is 595. The molecule has 100 valence electrons. The summed E-state index contributed by atoms with van der Waals surface area (Å²) in [5.74, 6) is -0.1000. The molecule has 0 fully saturated rings. The summed E-state index contributed by atoms with van der Waals surface area (Å²) in [5, 5.41) is 16.7. The highest BCUT2D eigenvalue weighted by molar-refractivity contribution is 6.04. The van der Waals surface area contributed by atoms with Gasteiger partial charge in [-0.3, -0.25) is 10.1 Å². The molecule has 1 amide bonds. The molecule has 0 saturated heterocycles. The minimum absolute atomic E-state index is 0.193. The lowest BCUT2D eigenvalue weighted by Gasteiger charge is -2.04. The Morgan fingerprint density at radius 2 is 2.21 bits per heavy atom. The van der Waals surface area contributed by atoms with Crippen molar-refractivity contribution < 1.29 is 9.53 Å². The quantitative estimate of drug-likeness (QED) is 0.846. The molecule has 2 aromatic heterocycles. The van der Waals surface area contributed by atoms with Gasteiger partial charge in [-0.05, 0) is 26.8 Å². The molecule has 0 unspecified atom stereocenters. The maximum Gasteiger partial charge on any atom is 0.337 e. The second-order valence-electron chi connectivity index (χ2n) is 3.84. The molecule has 2 heterocycles. The number of hydrogen-bond acceptors (Lipinski definition) is 6. The second-order valence-corrected chi connectivity index (χ2v) is 3.84. The zero-order valence-corrected chi connectivity index (χ0v) is 10.9. The average molecular weight is 262 g/mol. The number of nitrogens with one attached hydrogen (secondary N) is 2. The van der Waals surface area contributed by atoms with Crippen molar-refractivity contribution in [3.8, 4) is 6.01 Å². The molecule has 0 aliphatic rings. The monoisotopic (exact) mass is 262 g/mol. The van der Waals surface area contributed by atoms with Crippen molar-refractivity contribution in [3.05, 3.63) is 23.0 Å². The Balaban J connectivity index is 2.13. The lowest BCUT2D eigenvalue weighted by molar-refractivity contribution is 0.102. The van der Waals surface area contributed by atoms with Crippen LogP contribution in [0.5, 0.6) is 6.01 Å². The number of ether oxygens (including phenoxy) is 1. The number of aromatic nitrogens is 5. The molecule has 0 radical (unpaired) electrons. The SMILES string of the molecule is CCOc1n[nH]c(NC(=O)c2cc(C)nnc2C)n1. The van der Waals surface area contributed by atoms with Gasteiger partial charge < -0.3 is 4.74 Å². The number of rotatable bonds is 4. The van der Waals surface area contributed by atoms with Gasteiger partial charge in [0.2, 0.25) is 5.95 Å². The van der Waals surface area contributed by atoms with E-state index >= 15 is 0 Å². The Morgan fingerprint density at radius 3 is 2.95 bits per heavy atom. The molecule has 0 atom stereocenters. The largest absolute Gasteiger partial charge is 0.463 e. The zero-order valence-electron chi connectivity index (χ0n) is 10.9. The average Bonchev–Trinajstić information content (AvgIpc) is 2.80. The van der Waals surface area contributed by atoms with Crippen LogP contribution >= 0.6 is 0 Å². The summed E-state index contributed by atoms with van der Waals surface area (Å²) in [6.07, 6.45) is 0. The van der Waals surface area contributed by atoms with E-state index in [-0.39, 0.29) is 17.9 Å². The van der Waals surface area contributed by atoms with Gasteiger partial charge in [0.15, 0.2) is 0 Å². The van der Waals surface area contributed by atoms with Gasteiger partial charge in [-0.25, -0.2) is 5.10 Å². The molecule has 0 aliphatic heterocycles. The second kappa shape index (κ2) is 5.42. The molecule has 8 heteroatoms. The van der Waals surface area contributed by atoms with E-state index < -0.39 is 0 Å². The Morgan fingerprint density at radius 1 is 1.42 bits per heavy atom. The molecule has 19 heavy (non-hydrogen) atoms. The summed E-state index contributed by atoms with van der Waals surface area (Å²) < 4.78 is 5.09. The van der Waals surface area contributed by atoms with Gasteiger partial charge in [0.1, 0.15) is 0 Å². The molecule has 0 aliphatic carbocycles. The van der Waals surface area contributed by atoms with Gasteiger partial charge in [0.25, 0.3) is 5.91 Å². The summed E-state index contributed by atoms with van der Waals surface area (Å²) >= 11 is 0. The number of amides is 1. The van der Waals surface area contributed by atoms with E-state index in [2.05, 4.69) is 30.7 Å². The van der Waals surface area contributed by atoms with Gasteiger partial charge in [0.05, 0.1) is 23.6 Å². The fourth-order valence-corrected chi connectivity index (χ4v) is 1.45. The summed E-state index contributed by atoms with van der Waals surface area (Å²) in [7, 11) is 0. The van der Waals surface area contributed by atoms with Crippen LogP contribution in [-0.4, -0.2) is 37.9 Å². The summed E-state index contributed by atoms with van der Waals surface area (Å²) in [6, 6.07) is 1.86. The van der Waals surface area contributed by atoms with Crippen LogP contribution in [0.1, 0.15) is 28.7 Å². The predicted octanol–water partition coefficient (Wildman–Crippen LogP) is 0.863. The molecular weight excluding hydrogens is 248 g/mol. The number of aryl methyl sites for hydroxylation is 2. The minimum Gasteiger partial charge on any atom is -0.463 e. The van der Waals surface area contributed by atoms with E-state index in [0.29, 0.717) is 23.6 Å². The smallest absolute Gasteiger partial charge is 0.337 e. The fourth-order valence-electron chi connectivity index (χ4n) is 1.45. The third kappa shape index (κ3) is 3.03. The highest BCUT2D eigenvalue weighted by Crippen LogP contribution is 2.10. The molecule has 8 nitrogen and oxygen atoms in total. The lowest BCUT2D eigenvalue weighted by atomic mass is 10.2. The van der Waals surface area contributed by atoms with Crippen molar-refractivity contribution >= 4 is 11.9 Å². The normalized spacial score (nSPS) is 10.3. The third-order valence-corrected chi connectivity index (χ3v) is 2.32. The van der Waals surface area contributed by atoms with Crippen LogP contribution in [0, 0.1) is 13.8 Å². The number of nitrogens with zero attached hydrogens (tertiary/aromatic N) is 4. The highest BCUT2D eigenvalue weighted by atomic mass is 16.5. The van der Waals surface area contributed by atoms with E-state index in [4.69, 9.17) is 4.74 Å². The maximum atomic E-state index is 12.0. The summed E-state index contributed by atoms with van der Waals surface area (Å²) in [5.41, 5.74) is 1.66. The highest BCUT2D eigenvalue weighted by Gasteiger charge is 2.13. The van der Waals surface area contributed by atoms with Crippen molar-refractivity contribution in [1.29, 1.82) is 0 Å². The first kappa shape index (κ1) is 12.9. The van der Waals surface area contributed by atoms with Crippen molar-refractivity contribution in [2.75, 3.05) is 11.9 Å². The van der Waals surface area contributed by atoms with E-state index in [0.717, 1.165) is 0 Å². The van der Waals surface area contributed by atoms with Crippen molar-refractivity contribution in [1.82, 2.24) is 25.4 Å². The molecule has 0 bridgehead atoms. The zero-order chi connectivity index (χ0) is 13.8. The molecule has 2 rings (SSSR count). The van der Waals surface area contributed by atoms with Gasteiger partial charge >= 0.3 is 6.01 Å². The van der Waals surface area contributed by atoms with E-state index in [1.165, 1.54) is 0 Å². The first-order chi connectivity index (χ1) is 9.10. The van der Waals surface area contributed by atoms with Gasteiger partial charge in [-0.15, -0.1) is 5.10 Å². The van der Waals surface area contributed by atoms with Gasteiger partial charge in [0, 0.05) is 0 Å². The number of carbonyl (C=O) groups is 1. The van der Waals surface area contributed by atoms with Crippen LogP contribution in [0.15, 0.2) is 6.07 Å². The minimum atomic E-state index is -0.324. The van der Waals surface area contributed by atoms with Crippen LogP contribution in [0.25, 0.3) is 0 Å². The van der Waals surface area contributed by atoms with Crippen molar-refractivity contribution in [2.45, 2.75) is 20.8 Å². The number of aromatic amines is 1. The van der Waals surface area contributed by atoms with Gasteiger partial charge in [-0.1, -0.05) is 0 Å². The summed E-state index contributed by atoms with van der Waals surface area (Å²) in [6.45, 7) is 5.76. The molecule has 0 spiro atoms. The van der Waals surface area contributed by atoms with Crippen LogP contribution in [0.4, 0.5) is 5.95 Å². The van der Waals surface area contributed by atoms with Crippen LogP contribution < -0.4 is 10.1 Å². The standard InChI is InChI=1S/C11H14N6O2/c1-4-19-11-13-10(16-17-11)12-9(18)8-5-6(2)14-15-7(8)3/h5H,4H2,1-3H3,(H2,12,13,16,17,18). The maximum absolute atomic E-state index is 12.0. The fraction of sp³-hybridized carbons (Fsp3) is 0.364. The third-order valence-electron chi connectivity index (χ3n) is 2.32.